The Morgan fingerprint density at radius 1 is 1.27 bits per heavy atom. The first-order chi connectivity index (χ1) is 12.2. The first-order valence-electron chi connectivity index (χ1n) is 8.56. The lowest BCUT2D eigenvalue weighted by molar-refractivity contribution is 0.0285. The number of aryl methyl sites for hydroxylation is 1. The summed E-state index contributed by atoms with van der Waals surface area (Å²) in [5.41, 5.74) is 1.85. The molecule has 0 unspecified atom stereocenters. The summed E-state index contributed by atoms with van der Waals surface area (Å²) in [5.74, 6) is 0.498. The van der Waals surface area contributed by atoms with Crippen LogP contribution in [0.2, 0.25) is 0 Å². The number of hydrogen-bond acceptors (Lipinski definition) is 5. The zero-order chi connectivity index (χ0) is 19.1. The second kappa shape index (κ2) is 6.57. The van der Waals surface area contributed by atoms with Crippen molar-refractivity contribution in [2.45, 2.75) is 33.3 Å². The minimum Gasteiger partial charge on any atom is -0.488 e. The number of ether oxygens (including phenoxy) is 1. The molecule has 0 saturated heterocycles. The second-order valence-corrected chi connectivity index (χ2v) is 7.42. The van der Waals surface area contributed by atoms with Crippen LogP contribution in [0.3, 0.4) is 0 Å². The molecule has 0 saturated carbocycles. The number of pyridine rings is 1. The Morgan fingerprint density at radius 2 is 2.00 bits per heavy atom. The Hall–Kier alpha value is -2.67. The molecule has 0 aliphatic rings. The number of aliphatic hydroxyl groups is 1. The average molecular weight is 356 g/mol. The summed E-state index contributed by atoms with van der Waals surface area (Å²) in [6.07, 6.45) is 5.17. The molecule has 1 N–H and O–H groups in total. The standard InChI is InChI=1S/C19H24N4O3/c1-12(2)18(24)14-9-21-23-15(14)6-7-16(26-11-19(3,4)25)17(23)13-8-20-22(5)10-13/h6-10,12,25H,11H2,1-5H3. The van der Waals surface area contributed by atoms with Crippen LogP contribution in [0.15, 0.2) is 30.7 Å². The van der Waals surface area contributed by atoms with Crippen molar-refractivity contribution in [2.24, 2.45) is 13.0 Å². The summed E-state index contributed by atoms with van der Waals surface area (Å²) in [4.78, 5) is 12.5. The number of rotatable bonds is 6. The third-order valence-electron chi connectivity index (χ3n) is 3.99. The van der Waals surface area contributed by atoms with Crippen LogP contribution in [0.1, 0.15) is 38.1 Å². The average Bonchev–Trinajstić information content (AvgIpc) is 3.17. The first-order valence-corrected chi connectivity index (χ1v) is 8.56. The van der Waals surface area contributed by atoms with Crippen LogP contribution in [0.4, 0.5) is 0 Å². The summed E-state index contributed by atoms with van der Waals surface area (Å²) in [5, 5.41) is 18.6. The van der Waals surface area contributed by atoms with Gasteiger partial charge in [0.1, 0.15) is 18.1 Å². The first kappa shape index (κ1) is 18.1. The van der Waals surface area contributed by atoms with Crippen LogP contribution in [0, 0.1) is 5.92 Å². The molecular weight excluding hydrogens is 332 g/mol. The molecule has 0 radical (unpaired) electrons. The number of ketones is 1. The van der Waals surface area contributed by atoms with E-state index in [9.17, 15) is 9.90 Å². The van der Waals surface area contributed by atoms with Gasteiger partial charge in [-0.3, -0.25) is 9.48 Å². The molecule has 3 aromatic rings. The van der Waals surface area contributed by atoms with Gasteiger partial charge in [-0.05, 0) is 26.0 Å². The number of nitrogens with zero attached hydrogens (tertiary/aromatic N) is 4. The minimum atomic E-state index is -0.968. The van der Waals surface area contributed by atoms with Crippen LogP contribution >= 0.6 is 0 Å². The van der Waals surface area contributed by atoms with Gasteiger partial charge in [-0.25, -0.2) is 4.52 Å². The van der Waals surface area contributed by atoms with E-state index < -0.39 is 5.60 Å². The van der Waals surface area contributed by atoms with Gasteiger partial charge >= 0.3 is 0 Å². The Bertz CT molecular complexity index is 947. The monoisotopic (exact) mass is 356 g/mol. The number of hydrogen-bond donors (Lipinski definition) is 1. The molecule has 3 aromatic heterocycles. The van der Waals surface area contributed by atoms with E-state index in [2.05, 4.69) is 10.2 Å². The number of aromatic nitrogens is 4. The molecular formula is C19H24N4O3. The molecule has 0 aromatic carbocycles. The van der Waals surface area contributed by atoms with E-state index in [0.717, 1.165) is 11.1 Å². The highest BCUT2D eigenvalue weighted by Crippen LogP contribution is 2.32. The van der Waals surface area contributed by atoms with Gasteiger partial charge in [-0.15, -0.1) is 0 Å². The summed E-state index contributed by atoms with van der Waals surface area (Å²) in [6, 6.07) is 3.63. The van der Waals surface area contributed by atoms with E-state index in [4.69, 9.17) is 4.74 Å². The molecule has 7 nitrogen and oxygen atoms in total. The van der Waals surface area contributed by atoms with Gasteiger partial charge in [0.15, 0.2) is 5.78 Å². The highest BCUT2D eigenvalue weighted by Gasteiger charge is 2.22. The van der Waals surface area contributed by atoms with E-state index in [1.54, 1.807) is 35.4 Å². The molecule has 0 spiro atoms. The summed E-state index contributed by atoms with van der Waals surface area (Å²) >= 11 is 0. The molecule has 0 atom stereocenters. The minimum absolute atomic E-state index is 0.0438. The van der Waals surface area contributed by atoms with Crippen molar-refractivity contribution < 1.29 is 14.6 Å². The molecule has 26 heavy (non-hydrogen) atoms. The molecule has 0 bridgehead atoms. The number of carbonyl (C=O) groups excluding carboxylic acids is 1. The topological polar surface area (TPSA) is 81.7 Å². The zero-order valence-corrected chi connectivity index (χ0v) is 15.7. The zero-order valence-electron chi connectivity index (χ0n) is 15.7. The fraction of sp³-hybridized carbons (Fsp3) is 0.421. The molecule has 0 amide bonds. The van der Waals surface area contributed by atoms with E-state index in [1.165, 1.54) is 0 Å². The molecule has 0 aliphatic heterocycles. The van der Waals surface area contributed by atoms with Crippen molar-refractivity contribution in [3.63, 3.8) is 0 Å². The molecule has 3 heterocycles. The van der Waals surface area contributed by atoms with Crippen molar-refractivity contribution >= 4 is 11.3 Å². The lowest BCUT2D eigenvalue weighted by atomic mass is 10.0. The van der Waals surface area contributed by atoms with Crippen molar-refractivity contribution in [3.8, 4) is 17.0 Å². The van der Waals surface area contributed by atoms with Crippen LogP contribution < -0.4 is 4.74 Å². The SMILES string of the molecule is CC(C)C(=O)c1cnn2c(-c3cnn(C)c3)c(OCC(C)(C)O)ccc12. The Labute approximate surface area is 152 Å². The quantitative estimate of drug-likeness (QED) is 0.687. The Balaban J connectivity index is 2.17. The third kappa shape index (κ3) is 3.48. The van der Waals surface area contributed by atoms with Gasteiger partial charge < -0.3 is 9.84 Å². The maximum absolute atomic E-state index is 12.5. The van der Waals surface area contributed by atoms with E-state index in [0.29, 0.717) is 17.0 Å². The van der Waals surface area contributed by atoms with Crippen LogP contribution in [0.5, 0.6) is 5.75 Å². The van der Waals surface area contributed by atoms with Gasteiger partial charge in [-0.1, -0.05) is 13.8 Å². The summed E-state index contributed by atoms with van der Waals surface area (Å²) in [6.45, 7) is 7.24. The van der Waals surface area contributed by atoms with E-state index in [1.807, 2.05) is 39.2 Å². The lowest BCUT2D eigenvalue weighted by Gasteiger charge is -2.19. The van der Waals surface area contributed by atoms with Crippen LogP contribution in [0.25, 0.3) is 16.8 Å². The van der Waals surface area contributed by atoms with Gasteiger partial charge in [0.05, 0.1) is 29.1 Å². The Kier molecular flexibility index (Phi) is 4.58. The largest absolute Gasteiger partial charge is 0.488 e. The molecule has 0 aliphatic carbocycles. The van der Waals surface area contributed by atoms with Gasteiger partial charge in [0.2, 0.25) is 0 Å². The molecule has 3 rings (SSSR count). The lowest BCUT2D eigenvalue weighted by Crippen LogP contribution is -2.28. The van der Waals surface area contributed by atoms with Crippen LogP contribution in [-0.2, 0) is 7.05 Å². The maximum atomic E-state index is 12.5. The van der Waals surface area contributed by atoms with Gasteiger partial charge in [-0.2, -0.15) is 10.2 Å². The predicted octanol–water partition coefficient (Wildman–Crippen LogP) is 2.72. The van der Waals surface area contributed by atoms with Crippen molar-refractivity contribution in [2.75, 3.05) is 6.61 Å². The predicted molar refractivity (Wildman–Crippen MR) is 98.4 cm³/mol. The van der Waals surface area contributed by atoms with Crippen molar-refractivity contribution in [3.05, 3.63) is 36.3 Å². The third-order valence-corrected chi connectivity index (χ3v) is 3.99. The number of fused-ring (bicyclic) bond motifs is 1. The molecule has 7 heteroatoms. The second-order valence-electron chi connectivity index (χ2n) is 7.42. The Morgan fingerprint density at radius 3 is 2.58 bits per heavy atom. The normalized spacial score (nSPS) is 12.1. The maximum Gasteiger partial charge on any atom is 0.169 e. The highest BCUT2D eigenvalue weighted by molar-refractivity contribution is 6.03. The highest BCUT2D eigenvalue weighted by atomic mass is 16.5. The summed E-state index contributed by atoms with van der Waals surface area (Å²) < 4.78 is 9.25. The summed E-state index contributed by atoms with van der Waals surface area (Å²) in [7, 11) is 1.83. The fourth-order valence-corrected chi connectivity index (χ4v) is 2.71. The number of carbonyl (C=O) groups is 1. The van der Waals surface area contributed by atoms with Gasteiger partial charge in [0.25, 0.3) is 0 Å². The van der Waals surface area contributed by atoms with Crippen molar-refractivity contribution in [1.29, 1.82) is 0 Å². The van der Waals surface area contributed by atoms with E-state index >= 15 is 0 Å². The number of Topliss-reactive ketones (excluding diaryl/α,β-unsaturated/α-hetero) is 1. The van der Waals surface area contributed by atoms with Gasteiger partial charge in [0, 0.05) is 24.7 Å². The molecule has 0 fully saturated rings. The smallest absolute Gasteiger partial charge is 0.169 e. The van der Waals surface area contributed by atoms with Crippen molar-refractivity contribution in [1.82, 2.24) is 19.4 Å². The fourth-order valence-electron chi connectivity index (χ4n) is 2.71. The molecule has 138 valence electrons. The van der Waals surface area contributed by atoms with Crippen LogP contribution in [-0.4, -0.2) is 42.5 Å². The van der Waals surface area contributed by atoms with E-state index in [-0.39, 0.29) is 18.3 Å².